The molecular formula is C14H18ClNO3. The van der Waals surface area contributed by atoms with Crippen LogP contribution in [0.1, 0.15) is 37.5 Å². The lowest BCUT2D eigenvalue weighted by Crippen LogP contribution is -2.48. The number of aryl methyl sites for hydroxylation is 1. The Morgan fingerprint density at radius 2 is 2.16 bits per heavy atom. The number of rotatable bonds is 2. The van der Waals surface area contributed by atoms with Gasteiger partial charge in [-0.2, -0.15) is 0 Å². The highest BCUT2D eigenvalue weighted by Crippen LogP contribution is 2.37. The van der Waals surface area contributed by atoms with Gasteiger partial charge in [0.25, 0.3) is 0 Å². The minimum Gasteiger partial charge on any atom is -0.465 e. The molecule has 1 aliphatic carbocycles. The summed E-state index contributed by atoms with van der Waals surface area (Å²) >= 11 is 6.14. The van der Waals surface area contributed by atoms with Gasteiger partial charge in [0, 0.05) is 16.6 Å². The molecule has 0 aliphatic heterocycles. The molecule has 1 aliphatic rings. The maximum Gasteiger partial charge on any atom is 0.407 e. The fourth-order valence-electron chi connectivity index (χ4n) is 2.82. The summed E-state index contributed by atoms with van der Waals surface area (Å²) in [7, 11) is 0. The van der Waals surface area contributed by atoms with Crippen molar-refractivity contribution in [1.82, 2.24) is 4.90 Å². The van der Waals surface area contributed by atoms with Crippen LogP contribution in [0.3, 0.4) is 0 Å². The van der Waals surface area contributed by atoms with Gasteiger partial charge < -0.3 is 10.2 Å². The Kier molecular flexibility index (Phi) is 4.02. The third-order valence-corrected chi connectivity index (χ3v) is 3.98. The summed E-state index contributed by atoms with van der Waals surface area (Å²) in [4.78, 5) is 12.7. The highest BCUT2D eigenvalue weighted by Gasteiger charge is 2.37. The average molecular weight is 284 g/mol. The van der Waals surface area contributed by atoms with E-state index < -0.39 is 18.2 Å². The molecule has 0 saturated heterocycles. The number of amides is 1. The van der Waals surface area contributed by atoms with Crippen LogP contribution in [0.25, 0.3) is 0 Å². The summed E-state index contributed by atoms with van der Waals surface area (Å²) in [5.74, 6) is 0. The number of aliphatic hydroxyl groups is 1. The molecule has 0 spiro atoms. The Hall–Kier alpha value is -1.26. The van der Waals surface area contributed by atoms with E-state index >= 15 is 0 Å². The molecule has 0 radical (unpaired) electrons. The molecule has 19 heavy (non-hydrogen) atoms. The molecule has 2 N–H and O–H groups in total. The van der Waals surface area contributed by atoms with Gasteiger partial charge in [-0.15, -0.1) is 0 Å². The molecule has 104 valence electrons. The molecule has 0 fully saturated rings. The van der Waals surface area contributed by atoms with E-state index in [1.807, 2.05) is 26.0 Å². The van der Waals surface area contributed by atoms with Crippen molar-refractivity contribution in [2.75, 3.05) is 0 Å². The smallest absolute Gasteiger partial charge is 0.407 e. The van der Waals surface area contributed by atoms with E-state index in [1.54, 1.807) is 6.07 Å². The summed E-state index contributed by atoms with van der Waals surface area (Å²) in [6.07, 6.45) is -0.530. The molecular weight excluding hydrogens is 266 g/mol. The minimum atomic E-state index is -1.01. The van der Waals surface area contributed by atoms with Crippen molar-refractivity contribution < 1.29 is 15.0 Å². The van der Waals surface area contributed by atoms with Gasteiger partial charge in [-0.3, -0.25) is 4.90 Å². The topological polar surface area (TPSA) is 60.8 Å². The first-order valence-electron chi connectivity index (χ1n) is 6.40. The second kappa shape index (κ2) is 5.39. The van der Waals surface area contributed by atoms with Crippen molar-refractivity contribution in [2.45, 2.75) is 44.9 Å². The maximum atomic E-state index is 11.4. The van der Waals surface area contributed by atoms with Crippen molar-refractivity contribution in [3.8, 4) is 0 Å². The molecule has 1 aromatic carbocycles. The fourth-order valence-corrected chi connectivity index (χ4v) is 3.13. The monoisotopic (exact) mass is 283 g/mol. The lowest BCUT2D eigenvalue weighted by Gasteiger charge is -2.39. The van der Waals surface area contributed by atoms with E-state index in [9.17, 15) is 15.0 Å². The van der Waals surface area contributed by atoms with Crippen molar-refractivity contribution in [2.24, 2.45) is 0 Å². The highest BCUT2D eigenvalue weighted by atomic mass is 35.5. The first-order valence-corrected chi connectivity index (χ1v) is 6.78. The minimum absolute atomic E-state index is 0.179. The molecule has 1 amide bonds. The number of aliphatic hydroxyl groups excluding tert-OH is 1. The van der Waals surface area contributed by atoms with E-state index in [1.165, 1.54) is 4.90 Å². The Labute approximate surface area is 117 Å². The molecule has 0 bridgehead atoms. The Balaban J connectivity index is 2.37. The maximum absolute atomic E-state index is 11.4. The number of hydrogen-bond acceptors (Lipinski definition) is 2. The van der Waals surface area contributed by atoms with Gasteiger partial charge >= 0.3 is 6.09 Å². The van der Waals surface area contributed by atoms with E-state index in [0.29, 0.717) is 17.0 Å². The van der Waals surface area contributed by atoms with E-state index in [2.05, 4.69) is 0 Å². The number of carbonyl (C=O) groups is 1. The zero-order valence-corrected chi connectivity index (χ0v) is 11.8. The van der Waals surface area contributed by atoms with Gasteiger partial charge in [0.15, 0.2) is 0 Å². The molecule has 2 rings (SSSR count). The van der Waals surface area contributed by atoms with E-state index in [-0.39, 0.29) is 6.04 Å². The second-order valence-electron chi connectivity index (χ2n) is 5.15. The Morgan fingerprint density at radius 3 is 2.74 bits per heavy atom. The molecule has 1 aromatic rings. The van der Waals surface area contributed by atoms with Crippen LogP contribution in [0, 0.1) is 0 Å². The van der Waals surface area contributed by atoms with Gasteiger partial charge in [0.2, 0.25) is 0 Å². The summed E-state index contributed by atoms with van der Waals surface area (Å²) in [6.45, 7) is 3.62. The van der Waals surface area contributed by atoms with Crippen LogP contribution >= 0.6 is 11.6 Å². The summed E-state index contributed by atoms with van der Waals surface area (Å²) in [5.41, 5.74) is 1.68. The standard InChI is InChI=1S/C14H18ClNO3/c1-8(2)16(14(18)19)11-7-6-9-4-3-5-10(15)12(9)13(11)17/h3-5,8,11,13,17H,6-7H2,1-2H3,(H,18,19)/t11-,13-/m1/s1. The predicted molar refractivity (Wildman–Crippen MR) is 73.5 cm³/mol. The van der Waals surface area contributed by atoms with Gasteiger partial charge in [0.05, 0.1) is 6.04 Å². The first kappa shape index (κ1) is 14.2. The Bertz CT molecular complexity index is 490. The summed E-state index contributed by atoms with van der Waals surface area (Å²) < 4.78 is 0. The highest BCUT2D eigenvalue weighted by molar-refractivity contribution is 6.31. The number of benzene rings is 1. The number of fused-ring (bicyclic) bond motifs is 1. The largest absolute Gasteiger partial charge is 0.465 e. The zero-order chi connectivity index (χ0) is 14.2. The zero-order valence-electron chi connectivity index (χ0n) is 11.0. The van der Waals surface area contributed by atoms with E-state index in [4.69, 9.17) is 11.6 Å². The molecule has 5 heteroatoms. The third kappa shape index (κ3) is 2.55. The normalized spacial score (nSPS) is 22.2. The van der Waals surface area contributed by atoms with Crippen LogP contribution in [0.15, 0.2) is 18.2 Å². The molecule has 0 aromatic heterocycles. The van der Waals surface area contributed by atoms with Gasteiger partial charge in [-0.1, -0.05) is 23.7 Å². The molecule has 0 saturated carbocycles. The number of nitrogens with zero attached hydrogens (tertiary/aromatic N) is 1. The fraction of sp³-hybridized carbons (Fsp3) is 0.500. The van der Waals surface area contributed by atoms with Gasteiger partial charge in [-0.05, 0) is 38.3 Å². The molecule has 0 unspecified atom stereocenters. The van der Waals surface area contributed by atoms with Gasteiger partial charge in [-0.25, -0.2) is 4.79 Å². The second-order valence-corrected chi connectivity index (χ2v) is 5.55. The first-order chi connectivity index (χ1) is 8.93. The SMILES string of the molecule is CC(C)N(C(=O)O)[C@@H]1CCc2cccc(Cl)c2[C@@H]1O. The van der Waals surface area contributed by atoms with E-state index in [0.717, 1.165) is 12.0 Å². The Morgan fingerprint density at radius 1 is 1.47 bits per heavy atom. The van der Waals surface area contributed by atoms with Gasteiger partial charge in [0.1, 0.15) is 6.10 Å². The lowest BCUT2D eigenvalue weighted by molar-refractivity contribution is 0.0240. The number of halogens is 1. The summed E-state index contributed by atoms with van der Waals surface area (Å²) in [5, 5.41) is 20.3. The quantitative estimate of drug-likeness (QED) is 0.877. The predicted octanol–water partition coefficient (Wildman–Crippen LogP) is 3.08. The number of hydrogen-bond donors (Lipinski definition) is 2. The third-order valence-electron chi connectivity index (χ3n) is 3.65. The summed E-state index contributed by atoms with van der Waals surface area (Å²) in [6, 6.07) is 4.89. The van der Waals surface area contributed by atoms with Crippen LogP contribution in [-0.2, 0) is 6.42 Å². The molecule has 0 heterocycles. The van der Waals surface area contributed by atoms with Crippen LogP contribution in [-0.4, -0.2) is 33.3 Å². The van der Waals surface area contributed by atoms with Crippen molar-refractivity contribution >= 4 is 17.7 Å². The molecule has 2 atom stereocenters. The van der Waals surface area contributed by atoms with Crippen molar-refractivity contribution in [1.29, 1.82) is 0 Å². The van der Waals surface area contributed by atoms with Crippen molar-refractivity contribution in [3.05, 3.63) is 34.3 Å². The lowest BCUT2D eigenvalue weighted by atomic mass is 9.84. The average Bonchev–Trinajstić information content (AvgIpc) is 2.31. The van der Waals surface area contributed by atoms with Crippen LogP contribution in [0.4, 0.5) is 4.79 Å². The molecule has 4 nitrogen and oxygen atoms in total. The van der Waals surface area contributed by atoms with Crippen LogP contribution < -0.4 is 0 Å². The van der Waals surface area contributed by atoms with Crippen molar-refractivity contribution in [3.63, 3.8) is 0 Å². The van der Waals surface area contributed by atoms with Crippen LogP contribution in [0.5, 0.6) is 0 Å². The van der Waals surface area contributed by atoms with Crippen LogP contribution in [0.2, 0.25) is 5.02 Å². The number of carboxylic acid groups (broad SMARTS) is 1.